The monoisotopic (exact) mass is 190 g/mol. The van der Waals surface area contributed by atoms with Crippen molar-refractivity contribution in [1.82, 2.24) is 0 Å². The average molecular weight is 190 g/mol. The fourth-order valence-corrected chi connectivity index (χ4v) is 0.939. The second-order valence-corrected chi connectivity index (χ2v) is 2.41. The van der Waals surface area contributed by atoms with Crippen LogP contribution < -0.4 is 21.8 Å². The van der Waals surface area contributed by atoms with E-state index in [0.717, 1.165) is 0 Å². The molecule has 0 saturated carbocycles. The fraction of sp³-hybridized carbons (Fsp3) is 0.167. The molecule has 70 valence electrons. The Bertz CT molecular complexity index is 478. The van der Waals surface area contributed by atoms with Crippen LogP contribution in [-0.4, -0.2) is 0 Å². The largest absolute Gasteiger partial charge is 0.420 e. The van der Waals surface area contributed by atoms with Gasteiger partial charge in [0.2, 0.25) is 0 Å². The maximum atomic E-state index is 12.1. The molecule has 1 aromatic carbocycles. The number of halogens is 3. The number of rotatable bonds is 0. The zero-order chi connectivity index (χ0) is 10.4. The molecule has 0 aromatic heterocycles. The first-order valence-corrected chi connectivity index (χ1v) is 3.11. The Balaban J connectivity index is 3.78. The fourth-order valence-electron chi connectivity index (χ4n) is 0.939. The molecular weight excluding hydrogens is 185 g/mol. The van der Waals surface area contributed by atoms with E-state index in [4.69, 9.17) is 22.0 Å². The van der Waals surface area contributed by atoms with Crippen LogP contribution in [0.3, 0.4) is 0 Å². The maximum absolute atomic E-state index is 12.1. The predicted octanol–water partition coefficient (Wildman–Crippen LogP) is -0.398. The molecule has 0 fully saturated rings. The van der Waals surface area contributed by atoms with Gasteiger partial charge in [-0.15, -0.1) is 0 Å². The molecule has 0 amide bonds. The van der Waals surface area contributed by atoms with Gasteiger partial charge in [0, 0.05) is 0 Å². The highest BCUT2D eigenvalue weighted by Gasteiger charge is 2.36. The van der Waals surface area contributed by atoms with Gasteiger partial charge < -0.3 is 5.73 Å². The molecule has 0 bridgehead atoms. The van der Waals surface area contributed by atoms with Crippen LogP contribution in [0.25, 0.3) is 0 Å². The average Bonchev–Trinajstić information content (AvgIpc) is 2.14. The van der Waals surface area contributed by atoms with Crippen LogP contribution in [-0.2, 0) is 6.18 Å². The van der Waals surface area contributed by atoms with Crippen molar-refractivity contribution >= 4 is 5.69 Å². The van der Waals surface area contributed by atoms with Crippen LogP contribution in [0.2, 0.25) is 0 Å². The molecule has 0 atom stereocenters. The first-order valence-electron chi connectivity index (χ1n) is 3.11. The van der Waals surface area contributed by atoms with E-state index in [1.54, 1.807) is 0 Å². The SMILES string of the molecule is N=c1c(N)c(C(F)(F)F)c(=N)c1=N. The molecule has 13 heavy (non-hydrogen) atoms. The minimum atomic E-state index is -4.77. The Morgan fingerprint density at radius 3 is 1.54 bits per heavy atom. The lowest BCUT2D eigenvalue weighted by Gasteiger charge is -2.03. The first-order chi connectivity index (χ1) is 5.76. The molecular formula is C6H5F3N4. The molecule has 0 saturated heterocycles. The summed E-state index contributed by atoms with van der Waals surface area (Å²) < 4.78 is 36.4. The van der Waals surface area contributed by atoms with Gasteiger partial charge in [-0.1, -0.05) is 0 Å². The van der Waals surface area contributed by atoms with Crippen molar-refractivity contribution in [2.24, 2.45) is 0 Å². The lowest BCUT2D eigenvalue weighted by Crippen LogP contribution is -2.32. The summed E-state index contributed by atoms with van der Waals surface area (Å²) in [6.45, 7) is 0. The summed E-state index contributed by atoms with van der Waals surface area (Å²) in [5.41, 5.74) is 2.71. The Morgan fingerprint density at radius 2 is 1.38 bits per heavy atom. The highest BCUT2D eigenvalue weighted by atomic mass is 19.4. The van der Waals surface area contributed by atoms with Gasteiger partial charge in [-0.3, -0.25) is 16.2 Å². The quantitative estimate of drug-likeness (QED) is 0.440. The van der Waals surface area contributed by atoms with Crippen molar-refractivity contribution in [3.63, 3.8) is 0 Å². The van der Waals surface area contributed by atoms with E-state index in [2.05, 4.69) is 0 Å². The van der Waals surface area contributed by atoms with Crippen molar-refractivity contribution in [2.75, 3.05) is 5.73 Å². The van der Waals surface area contributed by atoms with Gasteiger partial charge in [0.15, 0.2) is 0 Å². The molecule has 1 rings (SSSR count). The second kappa shape index (κ2) is 2.41. The molecule has 7 heteroatoms. The zero-order valence-electron chi connectivity index (χ0n) is 6.21. The van der Waals surface area contributed by atoms with E-state index in [-0.39, 0.29) is 0 Å². The second-order valence-electron chi connectivity index (χ2n) is 2.41. The van der Waals surface area contributed by atoms with E-state index in [1.807, 2.05) is 0 Å². The molecule has 0 heterocycles. The van der Waals surface area contributed by atoms with E-state index >= 15 is 0 Å². The number of hydrogen-bond donors (Lipinski definition) is 4. The van der Waals surface area contributed by atoms with Gasteiger partial charge in [-0.2, -0.15) is 13.2 Å². The van der Waals surface area contributed by atoms with Crippen LogP contribution in [0.15, 0.2) is 0 Å². The number of anilines is 1. The Labute approximate surface area is 69.7 Å². The van der Waals surface area contributed by atoms with Crippen LogP contribution in [0.4, 0.5) is 18.9 Å². The highest BCUT2D eigenvalue weighted by molar-refractivity contribution is 5.47. The van der Waals surface area contributed by atoms with Crippen LogP contribution >= 0.6 is 0 Å². The maximum Gasteiger partial charge on any atom is 0.420 e. The summed E-state index contributed by atoms with van der Waals surface area (Å²) >= 11 is 0. The third kappa shape index (κ3) is 1.21. The third-order valence-electron chi connectivity index (χ3n) is 1.57. The van der Waals surface area contributed by atoms with Crippen molar-refractivity contribution in [2.45, 2.75) is 6.18 Å². The van der Waals surface area contributed by atoms with E-state index in [0.29, 0.717) is 0 Å². The predicted molar refractivity (Wildman–Crippen MR) is 35.8 cm³/mol. The van der Waals surface area contributed by atoms with E-state index in [9.17, 15) is 13.2 Å². The lowest BCUT2D eigenvalue weighted by molar-refractivity contribution is -0.137. The van der Waals surface area contributed by atoms with Crippen molar-refractivity contribution < 1.29 is 13.2 Å². The number of nitrogens with one attached hydrogen (secondary N) is 3. The lowest BCUT2D eigenvalue weighted by atomic mass is 10.3. The zero-order valence-corrected chi connectivity index (χ0v) is 6.21. The third-order valence-corrected chi connectivity index (χ3v) is 1.57. The minimum Gasteiger partial charge on any atom is -0.396 e. The molecule has 0 spiro atoms. The van der Waals surface area contributed by atoms with Gasteiger partial charge in [0.1, 0.15) is 16.3 Å². The summed E-state index contributed by atoms with van der Waals surface area (Å²) in [4.78, 5) is 0. The summed E-state index contributed by atoms with van der Waals surface area (Å²) in [6.07, 6.45) is -4.77. The number of nitrogen functional groups attached to an aromatic ring is 1. The number of alkyl halides is 3. The first kappa shape index (κ1) is 9.43. The van der Waals surface area contributed by atoms with Gasteiger partial charge in [0.05, 0.1) is 11.0 Å². The van der Waals surface area contributed by atoms with Gasteiger partial charge in [-0.05, 0) is 0 Å². The molecule has 0 unspecified atom stereocenters. The molecule has 4 nitrogen and oxygen atoms in total. The van der Waals surface area contributed by atoms with Crippen molar-refractivity contribution in [3.05, 3.63) is 21.6 Å². The summed E-state index contributed by atoms with van der Waals surface area (Å²) in [6, 6.07) is 0. The van der Waals surface area contributed by atoms with Crippen molar-refractivity contribution in [3.8, 4) is 0 Å². The summed E-state index contributed by atoms with van der Waals surface area (Å²) in [7, 11) is 0. The Kier molecular flexibility index (Phi) is 1.75. The van der Waals surface area contributed by atoms with Crippen molar-refractivity contribution in [1.29, 1.82) is 16.2 Å². The van der Waals surface area contributed by atoms with E-state index in [1.165, 1.54) is 0 Å². The molecule has 0 radical (unpaired) electrons. The Hall–Kier alpha value is -1.66. The van der Waals surface area contributed by atoms with Crippen LogP contribution in [0.1, 0.15) is 5.56 Å². The highest BCUT2D eigenvalue weighted by Crippen LogP contribution is 2.28. The molecule has 0 aliphatic rings. The topological polar surface area (TPSA) is 97.6 Å². The van der Waals surface area contributed by atoms with E-state index < -0.39 is 33.5 Å². The molecule has 5 N–H and O–H groups in total. The summed E-state index contributed by atoms with van der Waals surface area (Å²) in [5.74, 6) is 0. The minimum absolute atomic E-state index is 0.739. The van der Waals surface area contributed by atoms with Crippen LogP contribution in [0.5, 0.6) is 0 Å². The van der Waals surface area contributed by atoms with Crippen LogP contribution in [0, 0.1) is 16.2 Å². The molecule has 1 aromatic rings. The summed E-state index contributed by atoms with van der Waals surface area (Å²) in [5, 5.41) is 18.2. The van der Waals surface area contributed by atoms with Gasteiger partial charge >= 0.3 is 6.18 Å². The van der Waals surface area contributed by atoms with Gasteiger partial charge in [-0.25, -0.2) is 0 Å². The molecule has 0 aliphatic carbocycles. The smallest absolute Gasteiger partial charge is 0.396 e. The Morgan fingerprint density at radius 1 is 0.923 bits per heavy atom. The molecule has 0 aliphatic heterocycles. The number of nitrogens with two attached hydrogens (primary N) is 1. The normalized spacial score (nSPS) is 11.9. The van der Waals surface area contributed by atoms with Gasteiger partial charge in [0.25, 0.3) is 0 Å². The number of hydrogen-bond acceptors (Lipinski definition) is 4. The standard InChI is InChI=1S/C6H5F3N4/c7-6(8,9)1-2(10)4(12)5(13)3(1)11/h10,12-13H,11H2.